The molecule has 0 saturated carbocycles. The summed E-state index contributed by atoms with van der Waals surface area (Å²) in [6, 6.07) is 15.3. The maximum Gasteiger partial charge on any atom is 0.228 e. The number of nitrogens with one attached hydrogen (secondary N) is 1. The number of hydrogen-bond acceptors (Lipinski definition) is 4. The molecule has 0 fully saturated rings. The van der Waals surface area contributed by atoms with Crippen LogP contribution in [0, 0.1) is 0 Å². The maximum absolute atomic E-state index is 11.9. The Hall–Kier alpha value is -1.95. The number of benzene rings is 2. The Morgan fingerprint density at radius 1 is 1.22 bits per heavy atom. The van der Waals surface area contributed by atoms with Gasteiger partial charge in [0.1, 0.15) is 0 Å². The van der Waals surface area contributed by atoms with E-state index < -0.39 is 0 Å². The zero-order valence-electron chi connectivity index (χ0n) is 12.3. The molecule has 4 nitrogen and oxygen atoms in total. The summed E-state index contributed by atoms with van der Waals surface area (Å²) in [5, 5.41) is 4.03. The van der Waals surface area contributed by atoms with E-state index in [4.69, 9.17) is 16.3 Å². The summed E-state index contributed by atoms with van der Waals surface area (Å²) >= 11 is 7.35. The fraction of sp³-hybridized carbons (Fsp3) is 0.176. The van der Waals surface area contributed by atoms with Crippen LogP contribution in [0.1, 0.15) is 12.0 Å². The number of amides is 1. The highest BCUT2D eigenvalue weighted by atomic mass is 35.5. The number of rotatable bonds is 6. The SMILES string of the molecule is O=C(CCOCc1ccccc1)Nc1nc2ccc(Cl)cc2s1. The van der Waals surface area contributed by atoms with Crippen LogP contribution >= 0.6 is 22.9 Å². The molecule has 0 aliphatic heterocycles. The molecule has 1 aromatic heterocycles. The van der Waals surface area contributed by atoms with E-state index in [-0.39, 0.29) is 5.91 Å². The fourth-order valence-corrected chi connectivity index (χ4v) is 3.22. The average molecular weight is 347 g/mol. The second kappa shape index (κ2) is 7.55. The van der Waals surface area contributed by atoms with Crippen LogP contribution in [0.4, 0.5) is 5.13 Å². The van der Waals surface area contributed by atoms with Gasteiger partial charge in [0.25, 0.3) is 0 Å². The molecule has 3 rings (SSSR count). The monoisotopic (exact) mass is 346 g/mol. The second-order valence-electron chi connectivity index (χ2n) is 4.97. The third-order valence-electron chi connectivity index (χ3n) is 3.18. The third kappa shape index (κ3) is 4.51. The van der Waals surface area contributed by atoms with Crippen LogP contribution in [0.5, 0.6) is 0 Å². The zero-order chi connectivity index (χ0) is 16.1. The van der Waals surface area contributed by atoms with Gasteiger partial charge in [-0.2, -0.15) is 0 Å². The highest BCUT2D eigenvalue weighted by Crippen LogP contribution is 2.28. The van der Waals surface area contributed by atoms with Gasteiger partial charge in [-0.15, -0.1) is 0 Å². The number of anilines is 1. The van der Waals surface area contributed by atoms with E-state index in [2.05, 4.69) is 10.3 Å². The molecule has 0 bridgehead atoms. The lowest BCUT2D eigenvalue weighted by molar-refractivity contribution is -0.117. The molecule has 2 aromatic carbocycles. The number of halogens is 1. The van der Waals surface area contributed by atoms with Crippen LogP contribution in [0.2, 0.25) is 5.02 Å². The molecular weight excluding hydrogens is 332 g/mol. The van der Waals surface area contributed by atoms with Gasteiger partial charge < -0.3 is 10.1 Å². The lowest BCUT2D eigenvalue weighted by atomic mass is 10.2. The van der Waals surface area contributed by atoms with E-state index in [1.807, 2.05) is 42.5 Å². The fourth-order valence-electron chi connectivity index (χ4n) is 2.06. The third-order valence-corrected chi connectivity index (χ3v) is 4.35. The summed E-state index contributed by atoms with van der Waals surface area (Å²) in [5.41, 5.74) is 1.92. The highest BCUT2D eigenvalue weighted by Gasteiger charge is 2.08. The molecule has 118 valence electrons. The topological polar surface area (TPSA) is 51.2 Å². The van der Waals surface area contributed by atoms with E-state index in [9.17, 15) is 4.79 Å². The highest BCUT2D eigenvalue weighted by molar-refractivity contribution is 7.22. The van der Waals surface area contributed by atoms with Crippen molar-refractivity contribution in [3.8, 4) is 0 Å². The quantitative estimate of drug-likeness (QED) is 0.669. The molecule has 1 N–H and O–H groups in total. The minimum Gasteiger partial charge on any atom is -0.376 e. The number of carbonyl (C=O) groups excluding carboxylic acids is 1. The molecule has 0 aliphatic rings. The van der Waals surface area contributed by atoms with Crippen molar-refractivity contribution in [2.45, 2.75) is 13.0 Å². The molecule has 0 aliphatic carbocycles. The number of ether oxygens (including phenoxy) is 1. The van der Waals surface area contributed by atoms with Gasteiger partial charge in [-0.1, -0.05) is 53.3 Å². The van der Waals surface area contributed by atoms with Crippen molar-refractivity contribution in [2.24, 2.45) is 0 Å². The van der Waals surface area contributed by atoms with Gasteiger partial charge in [-0.05, 0) is 23.8 Å². The van der Waals surface area contributed by atoms with Crippen molar-refractivity contribution < 1.29 is 9.53 Å². The first-order valence-electron chi connectivity index (χ1n) is 7.18. The Bertz CT molecular complexity index is 805. The first kappa shape index (κ1) is 15.9. The number of aromatic nitrogens is 1. The lowest BCUT2D eigenvalue weighted by Crippen LogP contribution is -2.13. The number of hydrogen-bond donors (Lipinski definition) is 1. The van der Waals surface area contributed by atoms with Gasteiger partial charge in [0.05, 0.1) is 29.9 Å². The normalized spacial score (nSPS) is 10.8. The summed E-state index contributed by atoms with van der Waals surface area (Å²) < 4.78 is 6.46. The number of nitrogens with zero attached hydrogens (tertiary/aromatic N) is 1. The van der Waals surface area contributed by atoms with Gasteiger partial charge in [0, 0.05) is 5.02 Å². The predicted molar refractivity (Wildman–Crippen MR) is 94.0 cm³/mol. The van der Waals surface area contributed by atoms with E-state index in [1.165, 1.54) is 11.3 Å². The molecule has 3 aromatic rings. The van der Waals surface area contributed by atoms with Gasteiger partial charge in [0.15, 0.2) is 5.13 Å². The lowest BCUT2D eigenvalue weighted by Gasteiger charge is -2.04. The van der Waals surface area contributed by atoms with Crippen molar-refractivity contribution in [1.29, 1.82) is 0 Å². The molecule has 0 unspecified atom stereocenters. The Morgan fingerprint density at radius 2 is 2.04 bits per heavy atom. The number of carbonyl (C=O) groups is 1. The molecule has 6 heteroatoms. The first-order valence-corrected chi connectivity index (χ1v) is 8.38. The van der Waals surface area contributed by atoms with Gasteiger partial charge in [-0.25, -0.2) is 4.98 Å². The van der Waals surface area contributed by atoms with Crippen LogP contribution in [-0.2, 0) is 16.1 Å². The summed E-state index contributed by atoms with van der Waals surface area (Å²) in [6.07, 6.45) is 0.295. The average Bonchev–Trinajstić information content (AvgIpc) is 2.94. The number of fused-ring (bicyclic) bond motifs is 1. The first-order chi connectivity index (χ1) is 11.2. The van der Waals surface area contributed by atoms with Crippen molar-refractivity contribution in [1.82, 2.24) is 4.98 Å². The maximum atomic E-state index is 11.9. The summed E-state index contributed by atoms with van der Waals surface area (Å²) in [5.74, 6) is -0.108. The van der Waals surface area contributed by atoms with Crippen molar-refractivity contribution >= 4 is 44.2 Å². The number of thiazole rings is 1. The van der Waals surface area contributed by atoms with Crippen LogP contribution in [0.15, 0.2) is 48.5 Å². The molecule has 0 saturated heterocycles. The van der Waals surface area contributed by atoms with Crippen LogP contribution in [-0.4, -0.2) is 17.5 Å². The van der Waals surface area contributed by atoms with E-state index >= 15 is 0 Å². The van der Waals surface area contributed by atoms with Gasteiger partial charge >= 0.3 is 0 Å². The molecule has 23 heavy (non-hydrogen) atoms. The van der Waals surface area contributed by atoms with Crippen molar-refractivity contribution in [3.05, 3.63) is 59.1 Å². The Balaban J connectivity index is 1.46. The van der Waals surface area contributed by atoms with E-state index in [0.29, 0.717) is 29.8 Å². The summed E-state index contributed by atoms with van der Waals surface area (Å²) in [7, 11) is 0. The second-order valence-corrected chi connectivity index (χ2v) is 6.43. The van der Waals surface area contributed by atoms with E-state index in [0.717, 1.165) is 15.8 Å². The van der Waals surface area contributed by atoms with E-state index in [1.54, 1.807) is 6.07 Å². The Morgan fingerprint density at radius 3 is 2.87 bits per heavy atom. The molecule has 1 amide bonds. The Kier molecular flexibility index (Phi) is 5.23. The summed E-state index contributed by atoms with van der Waals surface area (Å²) in [6.45, 7) is 0.880. The van der Waals surface area contributed by atoms with Crippen LogP contribution in [0.25, 0.3) is 10.2 Å². The molecular formula is C17H15ClN2O2S. The zero-order valence-corrected chi connectivity index (χ0v) is 13.9. The van der Waals surface area contributed by atoms with Crippen molar-refractivity contribution in [3.63, 3.8) is 0 Å². The van der Waals surface area contributed by atoms with Crippen molar-refractivity contribution in [2.75, 3.05) is 11.9 Å². The minimum absolute atomic E-state index is 0.108. The standard InChI is InChI=1S/C17H15ClN2O2S/c18-13-6-7-14-15(10-13)23-17(19-14)20-16(21)8-9-22-11-12-4-2-1-3-5-12/h1-7,10H,8-9,11H2,(H,19,20,21). The van der Waals surface area contributed by atoms with Gasteiger partial charge in [0.2, 0.25) is 5.91 Å². The van der Waals surface area contributed by atoms with Gasteiger partial charge in [-0.3, -0.25) is 4.79 Å². The summed E-state index contributed by atoms with van der Waals surface area (Å²) in [4.78, 5) is 16.3. The molecule has 0 atom stereocenters. The molecule has 0 radical (unpaired) electrons. The molecule has 1 heterocycles. The van der Waals surface area contributed by atoms with Crippen LogP contribution < -0.4 is 5.32 Å². The van der Waals surface area contributed by atoms with Crippen LogP contribution in [0.3, 0.4) is 0 Å². The minimum atomic E-state index is -0.108. The Labute approximate surface area is 143 Å². The predicted octanol–water partition coefficient (Wildman–Crippen LogP) is 4.50. The largest absolute Gasteiger partial charge is 0.376 e. The molecule has 0 spiro atoms. The smallest absolute Gasteiger partial charge is 0.228 e.